The van der Waals surface area contributed by atoms with E-state index in [1.54, 1.807) is 37.3 Å². The Morgan fingerprint density at radius 2 is 1.94 bits per heavy atom. The van der Waals surface area contributed by atoms with E-state index in [0.717, 1.165) is 24.8 Å². The number of aromatic nitrogens is 2. The molecule has 0 aliphatic heterocycles. The highest BCUT2D eigenvalue weighted by Crippen LogP contribution is 2.38. The highest BCUT2D eigenvalue weighted by molar-refractivity contribution is 6.37. The van der Waals surface area contributed by atoms with Crippen molar-refractivity contribution >= 4 is 51.0 Å². The molecule has 2 heterocycles. The van der Waals surface area contributed by atoms with Crippen LogP contribution in [0.1, 0.15) is 54.3 Å². The summed E-state index contributed by atoms with van der Waals surface area (Å²) in [5.41, 5.74) is 2.11. The third kappa shape index (κ3) is 4.37. The Morgan fingerprint density at radius 3 is 2.69 bits per heavy atom. The van der Waals surface area contributed by atoms with Crippen molar-refractivity contribution in [2.24, 2.45) is 5.92 Å². The predicted molar refractivity (Wildman–Crippen MR) is 138 cm³/mol. The SMILES string of the molecule is COC(=O)c1ccc(NC(=O)C[C@@H]2CCC[C@H](n3c(=O)c4c(C)onc4c4c(Cl)cccc43)C2)cc1. The number of anilines is 1. The molecule has 9 heteroatoms. The summed E-state index contributed by atoms with van der Waals surface area (Å²) >= 11 is 6.54. The minimum Gasteiger partial charge on any atom is -0.465 e. The van der Waals surface area contributed by atoms with Crippen LogP contribution in [0, 0.1) is 12.8 Å². The summed E-state index contributed by atoms with van der Waals surface area (Å²) in [5, 5.41) is 8.70. The second-order valence-electron chi connectivity index (χ2n) is 9.28. The van der Waals surface area contributed by atoms with Crippen LogP contribution in [0.5, 0.6) is 0 Å². The molecule has 5 rings (SSSR count). The standard InChI is InChI=1S/C27H26ClN3O5/c1-15-23-25(30-36-15)24-20(28)7-4-8-21(24)31(26(23)33)19-6-3-5-16(13-19)14-22(32)29-18-11-9-17(10-12-18)27(34)35-2/h4,7-12,16,19H,3,5-6,13-14H2,1-2H3,(H,29,32)/t16-,19+/m1/s1. The molecular weight excluding hydrogens is 482 g/mol. The first-order chi connectivity index (χ1) is 17.4. The number of nitrogens with one attached hydrogen (secondary N) is 1. The van der Waals surface area contributed by atoms with E-state index in [-0.39, 0.29) is 23.4 Å². The van der Waals surface area contributed by atoms with Crippen LogP contribution in [-0.4, -0.2) is 28.7 Å². The summed E-state index contributed by atoms with van der Waals surface area (Å²) in [7, 11) is 1.33. The summed E-state index contributed by atoms with van der Waals surface area (Å²) in [4.78, 5) is 38.0. The maximum absolute atomic E-state index is 13.6. The maximum atomic E-state index is 13.6. The summed E-state index contributed by atoms with van der Waals surface area (Å²) < 4.78 is 11.9. The van der Waals surface area contributed by atoms with Crippen molar-refractivity contribution in [1.29, 1.82) is 0 Å². The van der Waals surface area contributed by atoms with Crippen molar-refractivity contribution in [3.05, 3.63) is 69.2 Å². The molecular formula is C27H26ClN3O5. The van der Waals surface area contributed by atoms with Crippen molar-refractivity contribution in [2.45, 2.75) is 45.1 Å². The lowest BCUT2D eigenvalue weighted by atomic mass is 9.83. The summed E-state index contributed by atoms with van der Waals surface area (Å²) in [6.45, 7) is 1.73. The number of ether oxygens (including phenoxy) is 1. The molecule has 2 aromatic carbocycles. The van der Waals surface area contributed by atoms with Crippen LogP contribution in [0.25, 0.3) is 21.8 Å². The number of aryl methyl sites for hydroxylation is 1. The molecule has 0 spiro atoms. The number of carbonyl (C=O) groups excluding carboxylic acids is 2. The molecule has 1 aliphatic carbocycles. The van der Waals surface area contributed by atoms with Gasteiger partial charge in [-0.05, 0) is 68.5 Å². The van der Waals surface area contributed by atoms with Gasteiger partial charge in [0.1, 0.15) is 16.7 Å². The Kier molecular flexibility index (Phi) is 6.53. The molecule has 0 bridgehead atoms. The van der Waals surface area contributed by atoms with Gasteiger partial charge in [0, 0.05) is 23.5 Å². The second kappa shape index (κ2) is 9.78. The number of hydrogen-bond donors (Lipinski definition) is 1. The third-order valence-corrected chi connectivity index (χ3v) is 7.28. The van der Waals surface area contributed by atoms with Gasteiger partial charge in [-0.25, -0.2) is 4.79 Å². The normalized spacial score (nSPS) is 17.9. The number of esters is 1. The third-order valence-electron chi connectivity index (χ3n) is 6.97. The number of methoxy groups -OCH3 is 1. The molecule has 1 amide bonds. The minimum atomic E-state index is -0.426. The fraction of sp³-hybridized carbons (Fsp3) is 0.333. The van der Waals surface area contributed by atoms with Crippen LogP contribution in [-0.2, 0) is 9.53 Å². The molecule has 8 nitrogen and oxygen atoms in total. The molecule has 2 aromatic heterocycles. The number of amides is 1. The Hall–Kier alpha value is -3.65. The topological polar surface area (TPSA) is 103 Å². The average molecular weight is 508 g/mol. The first kappa shape index (κ1) is 24.1. The fourth-order valence-electron chi connectivity index (χ4n) is 5.30. The first-order valence-corrected chi connectivity index (χ1v) is 12.3. The zero-order valence-electron chi connectivity index (χ0n) is 20.0. The van der Waals surface area contributed by atoms with E-state index in [0.29, 0.717) is 51.2 Å². The Balaban J connectivity index is 1.38. The number of fused-ring (bicyclic) bond motifs is 3. The Bertz CT molecular complexity index is 1520. The quantitative estimate of drug-likeness (QED) is 0.350. The van der Waals surface area contributed by atoms with Gasteiger partial charge in [0.15, 0.2) is 0 Å². The molecule has 186 valence electrons. The van der Waals surface area contributed by atoms with Crippen LogP contribution in [0.4, 0.5) is 5.69 Å². The van der Waals surface area contributed by atoms with E-state index >= 15 is 0 Å². The molecule has 0 saturated heterocycles. The van der Waals surface area contributed by atoms with E-state index in [1.807, 2.05) is 16.7 Å². The van der Waals surface area contributed by atoms with Crippen LogP contribution < -0.4 is 10.9 Å². The van der Waals surface area contributed by atoms with Gasteiger partial charge in [0.25, 0.3) is 5.56 Å². The number of hydrogen-bond acceptors (Lipinski definition) is 6. The Morgan fingerprint density at radius 1 is 1.17 bits per heavy atom. The average Bonchev–Trinajstić information content (AvgIpc) is 3.26. The van der Waals surface area contributed by atoms with Crippen molar-refractivity contribution in [1.82, 2.24) is 9.72 Å². The second-order valence-corrected chi connectivity index (χ2v) is 9.69. The molecule has 0 unspecified atom stereocenters. The summed E-state index contributed by atoms with van der Waals surface area (Å²) in [5.74, 6) is 0.0656. The molecule has 1 fully saturated rings. The molecule has 1 aliphatic rings. The fourth-order valence-corrected chi connectivity index (χ4v) is 5.56. The minimum absolute atomic E-state index is 0.0666. The van der Waals surface area contributed by atoms with Gasteiger partial charge >= 0.3 is 5.97 Å². The lowest BCUT2D eigenvalue weighted by molar-refractivity contribution is -0.117. The Labute approximate surface area is 212 Å². The molecule has 2 atom stereocenters. The molecule has 0 radical (unpaired) electrons. The highest BCUT2D eigenvalue weighted by atomic mass is 35.5. The van der Waals surface area contributed by atoms with Crippen molar-refractivity contribution in [2.75, 3.05) is 12.4 Å². The van der Waals surface area contributed by atoms with E-state index in [1.165, 1.54) is 7.11 Å². The van der Waals surface area contributed by atoms with Gasteiger partial charge < -0.3 is 19.1 Å². The lowest BCUT2D eigenvalue weighted by Crippen LogP contribution is -2.30. The zero-order valence-corrected chi connectivity index (χ0v) is 20.8. The van der Waals surface area contributed by atoms with Gasteiger partial charge in [0.05, 0.1) is 23.2 Å². The predicted octanol–water partition coefficient (Wildman–Crippen LogP) is 5.65. The number of halogens is 1. The largest absolute Gasteiger partial charge is 0.465 e. The van der Waals surface area contributed by atoms with Crippen LogP contribution in [0.2, 0.25) is 5.02 Å². The smallest absolute Gasteiger partial charge is 0.337 e. The van der Waals surface area contributed by atoms with Gasteiger partial charge in [-0.2, -0.15) is 0 Å². The number of rotatable bonds is 5. The van der Waals surface area contributed by atoms with E-state index in [9.17, 15) is 14.4 Å². The number of carbonyl (C=O) groups is 2. The molecule has 36 heavy (non-hydrogen) atoms. The van der Waals surface area contributed by atoms with Crippen LogP contribution in [0.3, 0.4) is 0 Å². The molecule has 4 aromatic rings. The molecule has 1 N–H and O–H groups in total. The summed E-state index contributed by atoms with van der Waals surface area (Å²) in [6.07, 6.45) is 3.70. The van der Waals surface area contributed by atoms with Crippen molar-refractivity contribution < 1.29 is 18.8 Å². The van der Waals surface area contributed by atoms with Crippen molar-refractivity contribution in [3.8, 4) is 0 Å². The highest BCUT2D eigenvalue weighted by Gasteiger charge is 2.29. The first-order valence-electron chi connectivity index (χ1n) is 11.9. The van der Waals surface area contributed by atoms with Crippen LogP contribution >= 0.6 is 11.6 Å². The van der Waals surface area contributed by atoms with E-state index in [4.69, 9.17) is 20.9 Å². The number of nitrogens with zero attached hydrogens (tertiary/aromatic N) is 2. The van der Waals surface area contributed by atoms with Gasteiger partial charge in [-0.3, -0.25) is 9.59 Å². The van der Waals surface area contributed by atoms with Gasteiger partial charge in [-0.15, -0.1) is 0 Å². The maximum Gasteiger partial charge on any atom is 0.337 e. The van der Waals surface area contributed by atoms with E-state index < -0.39 is 5.97 Å². The van der Waals surface area contributed by atoms with Crippen LogP contribution in [0.15, 0.2) is 51.8 Å². The lowest BCUT2D eigenvalue weighted by Gasteiger charge is -2.31. The molecule has 1 saturated carbocycles. The monoisotopic (exact) mass is 507 g/mol. The van der Waals surface area contributed by atoms with Gasteiger partial charge in [-0.1, -0.05) is 29.2 Å². The van der Waals surface area contributed by atoms with Crippen molar-refractivity contribution in [3.63, 3.8) is 0 Å². The van der Waals surface area contributed by atoms with E-state index in [2.05, 4.69) is 10.5 Å². The number of pyridine rings is 1. The van der Waals surface area contributed by atoms with Gasteiger partial charge in [0.2, 0.25) is 5.91 Å². The number of benzene rings is 2. The summed E-state index contributed by atoms with van der Waals surface area (Å²) in [6, 6.07) is 12.0. The zero-order chi connectivity index (χ0) is 25.4.